The molecule has 0 bridgehead atoms. The Morgan fingerprint density at radius 2 is 2.50 bits per heavy atom. The summed E-state index contributed by atoms with van der Waals surface area (Å²) in [4.78, 5) is 11.2. The van der Waals surface area contributed by atoms with Gasteiger partial charge < -0.3 is 14.4 Å². The lowest BCUT2D eigenvalue weighted by Gasteiger charge is -1.94. The summed E-state index contributed by atoms with van der Waals surface area (Å²) in [7, 11) is 0. The predicted molar refractivity (Wildman–Crippen MR) is 57.1 cm³/mol. The Morgan fingerprint density at radius 3 is 3.19 bits per heavy atom. The summed E-state index contributed by atoms with van der Waals surface area (Å²) in [5.41, 5.74) is 0.588. The fourth-order valence-corrected chi connectivity index (χ4v) is 1.83. The maximum Gasteiger partial charge on any atom is 0.329 e. The molecule has 0 aliphatic rings. The van der Waals surface area contributed by atoms with E-state index in [1.54, 1.807) is 17.4 Å². The number of carbonyl (C=O) groups is 1. The smallest absolute Gasteiger partial charge is 0.329 e. The molecule has 2 heterocycles. The van der Waals surface area contributed by atoms with Crippen molar-refractivity contribution < 1.29 is 19.2 Å². The van der Waals surface area contributed by atoms with Crippen LogP contribution < -0.4 is 0 Å². The number of carboxylic acid groups (broad SMARTS) is 1. The molecule has 0 spiro atoms. The van der Waals surface area contributed by atoms with E-state index in [0.717, 1.165) is 4.88 Å². The molecule has 2 aromatic rings. The summed E-state index contributed by atoms with van der Waals surface area (Å²) in [6.45, 7) is -0.192. The molecule has 0 fully saturated rings. The van der Waals surface area contributed by atoms with Gasteiger partial charge in [-0.05, 0) is 11.4 Å². The highest BCUT2D eigenvalue weighted by Gasteiger charge is 2.07. The molecule has 2 aromatic heterocycles. The third-order valence-corrected chi connectivity index (χ3v) is 2.68. The average Bonchev–Trinajstić information content (AvgIpc) is 2.85. The first kappa shape index (κ1) is 10.8. The zero-order valence-corrected chi connectivity index (χ0v) is 9.07. The molecule has 0 aromatic carbocycles. The lowest BCUT2D eigenvalue weighted by Crippen LogP contribution is -2.06. The molecular formula is C10H9NO4S. The highest BCUT2D eigenvalue weighted by Crippen LogP contribution is 2.25. The fraction of sp³-hybridized carbons (Fsp3) is 0.200. The number of ether oxygens (including phenoxy) is 1. The van der Waals surface area contributed by atoms with Crippen molar-refractivity contribution in [1.82, 2.24) is 5.16 Å². The van der Waals surface area contributed by atoms with Gasteiger partial charge in [0.25, 0.3) is 0 Å². The van der Waals surface area contributed by atoms with Crippen molar-refractivity contribution in [3.05, 3.63) is 29.3 Å². The van der Waals surface area contributed by atoms with Crippen molar-refractivity contribution in [2.45, 2.75) is 6.61 Å². The van der Waals surface area contributed by atoms with Crippen LogP contribution in [0.3, 0.4) is 0 Å². The van der Waals surface area contributed by atoms with Gasteiger partial charge in [-0.3, -0.25) is 0 Å². The van der Waals surface area contributed by atoms with Crippen molar-refractivity contribution in [2.75, 3.05) is 6.61 Å². The Morgan fingerprint density at radius 1 is 1.62 bits per heavy atom. The average molecular weight is 239 g/mol. The van der Waals surface area contributed by atoms with Crippen LogP contribution in [0.15, 0.2) is 28.1 Å². The summed E-state index contributed by atoms with van der Waals surface area (Å²) in [6, 6.07) is 5.59. The second kappa shape index (κ2) is 4.91. The van der Waals surface area contributed by atoms with Gasteiger partial charge >= 0.3 is 5.97 Å². The number of rotatable bonds is 5. The van der Waals surface area contributed by atoms with E-state index in [-0.39, 0.29) is 13.2 Å². The van der Waals surface area contributed by atoms with E-state index < -0.39 is 5.97 Å². The minimum absolute atomic E-state index is 0.140. The van der Waals surface area contributed by atoms with Crippen LogP contribution in [0, 0.1) is 0 Å². The molecule has 0 saturated heterocycles. The van der Waals surface area contributed by atoms with Gasteiger partial charge in [0.05, 0.1) is 11.5 Å². The van der Waals surface area contributed by atoms with Crippen LogP contribution in [-0.4, -0.2) is 22.8 Å². The SMILES string of the molecule is O=C(O)COCc1cc(-c2cccs2)on1. The van der Waals surface area contributed by atoms with Crippen molar-refractivity contribution in [3.63, 3.8) is 0 Å². The van der Waals surface area contributed by atoms with Gasteiger partial charge in [-0.25, -0.2) is 4.79 Å². The van der Waals surface area contributed by atoms with E-state index >= 15 is 0 Å². The van der Waals surface area contributed by atoms with Gasteiger partial charge in [-0.1, -0.05) is 11.2 Å². The molecule has 0 unspecified atom stereocenters. The molecule has 0 aliphatic heterocycles. The molecular weight excluding hydrogens is 230 g/mol. The van der Waals surface area contributed by atoms with Crippen molar-refractivity contribution in [2.24, 2.45) is 0 Å². The fourth-order valence-electron chi connectivity index (χ4n) is 1.16. The second-order valence-corrected chi connectivity index (χ2v) is 3.99. The van der Waals surface area contributed by atoms with Crippen LogP contribution in [-0.2, 0) is 16.1 Å². The molecule has 0 saturated carbocycles. The minimum Gasteiger partial charge on any atom is -0.480 e. The molecule has 0 radical (unpaired) electrons. The topological polar surface area (TPSA) is 72.6 Å². The third-order valence-electron chi connectivity index (χ3n) is 1.80. The Labute approximate surface area is 95.3 Å². The van der Waals surface area contributed by atoms with E-state index in [1.807, 2.05) is 17.5 Å². The quantitative estimate of drug-likeness (QED) is 0.863. The van der Waals surface area contributed by atoms with E-state index in [2.05, 4.69) is 5.16 Å². The van der Waals surface area contributed by atoms with Crippen molar-refractivity contribution in [1.29, 1.82) is 0 Å². The standard InChI is InChI=1S/C10H9NO4S/c12-10(13)6-14-5-7-4-8(15-11-7)9-2-1-3-16-9/h1-4H,5-6H2,(H,12,13). The molecule has 84 valence electrons. The van der Waals surface area contributed by atoms with E-state index in [4.69, 9.17) is 14.4 Å². The lowest BCUT2D eigenvalue weighted by atomic mass is 10.3. The monoisotopic (exact) mass is 239 g/mol. The van der Waals surface area contributed by atoms with Crippen LogP contribution in [0.1, 0.15) is 5.69 Å². The summed E-state index contributed by atoms with van der Waals surface area (Å²) >= 11 is 1.55. The van der Waals surface area contributed by atoms with Gasteiger partial charge in [0.15, 0.2) is 5.76 Å². The van der Waals surface area contributed by atoms with Crippen LogP contribution in [0.5, 0.6) is 0 Å². The molecule has 1 N–H and O–H groups in total. The lowest BCUT2D eigenvalue weighted by molar-refractivity contribution is -0.142. The number of aliphatic carboxylic acids is 1. The van der Waals surface area contributed by atoms with Crippen molar-refractivity contribution in [3.8, 4) is 10.6 Å². The predicted octanol–water partition coefficient (Wildman–Crippen LogP) is 2.00. The zero-order valence-electron chi connectivity index (χ0n) is 8.25. The van der Waals surface area contributed by atoms with Gasteiger partial charge in [-0.2, -0.15) is 0 Å². The van der Waals surface area contributed by atoms with Gasteiger partial charge in [0.2, 0.25) is 0 Å². The molecule has 2 rings (SSSR count). The van der Waals surface area contributed by atoms with Gasteiger partial charge in [0, 0.05) is 6.07 Å². The first-order valence-electron chi connectivity index (χ1n) is 4.55. The van der Waals surface area contributed by atoms with Crippen LogP contribution >= 0.6 is 11.3 Å². The Hall–Kier alpha value is -1.66. The molecule has 16 heavy (non-hydrogen) atoms. The molecule has 0 amide bonds. The zero-order chi connectivity index (χ0) is 11.4. The van der Waals surface area contributed by atoms with Crippen LogP contribution in [0.2, 0.25) is 0 Å². The number of nitrogens with zero attached hydrogens (tertiary/aromatic N) is 1. The number of hydrogen-bond donors (Lipinski definition) is 1. The molecule has 0 atom stereocenters. The molecule has 0 aliphatic carbocycles. The van der Waals surface area contributed by atoms with Gasteiger partial charge in [-0.15, -0.1) is 11.3 Å². The summed E-state index contributed by atoms with van der Waals surface area (Å²) in [6.07, 6.45) is 0. The number of aromatic nitrogens is 1. The second-order valence-electron chi connectivity index (χ2n) is 3.05. The van der Waals surface area contributed by atoms with E-state index in [9.17, 15) is 4.79 Å². The Balaban J connectivity index is 1.95. The Bertz CT molecular complexity index is 463. The maximum atomic E-state index is 10.2. The molecule has 5 nitrogen and oxygen atoms in total. The van der Waals surface area contributed by atoms with Crippen molar-refractivity contribution >= 4 is 17.3 Å². The summed E-state index contributed by atoms with van der Waals surface area (Å²) in [5, 5.41) is 14.1. The number of carboxylic acids is 1. The maximum absolute atomic E-state index is 10.2. The van der Waals surface area contributed by atoms with Crippen LogP contribution in [0.25, 0.3) is 10.6 Å². The van der Waals surface area contributed by atoms with E-state index in [0.29, 0.717) is 11.5 Å². The van der Waals surface area contributed by atoms with E-state index in [1.165, 1.54) is 0 Å². The Kier molecular flexibility index (Phi) is 3.33. The molecule has 6 heteroatoms. The van der Waals surface area contributed by atoms with Gasteiger partial charge in [0.1, 0.15) is 12.3 Å². The number of hydrogen-bond acceptors (Lipinski definition) is 5. The first-order valence-corrected chi connectivity index (χ1v) is 5.42. The number of thiophene rings is 1. The third kappa shape index (κ3) is 2.68. The largest absolute Gasteiger partial charge is 0.480 e. The normalized spacial score (nSPS) is 10.5. The first-order chi connectivity index (χ1) is 7.75. The minimum atomic E-state index is -0.998. The summed E-state index contributed by atoms with van der Waals surface area (Å²) in [5.74, 6) is -0.328. The summed E-state index contributed by atoms with van der Waals surface area (Å²) < 4.78 is 9.99. The highest BCUT2D eigenvalue weighted by atomic mass is 32.1. The van der Waals surface area contributed by atoms with Crippen LogP contribution in [0.4, 0.5) is 0 Å². The highest BCUT2D eigenvalue weighted by molar-refractivity contribution is 7.13.